The topological polar surface area (TPSA) is 41.1 Å². The van der Waals surface area contributed by atoms with Crippen LogP contribution in [0.2, 0.25) is 0 Å². The molecular formula is C16H26N2OS. The Morgan fingerprint density at radius 2 is 2.15 bits per heavy atom. The summed E-state index contributed by atoms with van der Waals surface area (Å²) in [4.78, 5) is 12.9. The Morgan fingerprint density at radius 3 is 2.85 bits per heavy atom. The zero-order chi connectivity index (χ0) is 14.8. The van der Waals surface area contributed by atoms with Crippen molar-refractivity contribution in [3.8, 4) is 0 Å². The first-order valence-corrected chi connectivity index (χ1v) is 8.29. The van der Waals surface area contributed by atoms with E-state index in [1.165, 1.54) is 5.56 Å². The van der Waals surface area contributed by atoms with Crippen molar-refractivity contribution in [3.05, 3.63) is 29.8 Å². The fraction of sp³-hybridized carbons (Fsp3) is 0.562. The maximum Gasteiger partial charge on any atom is 0.230 e. The van der Waals surface area contributed by atoms with Crippen LogP contribution in [0, 0.1) is 5.92 Å². The van der Waals surface area contributed by atoms with Gasteiger partial charge in [-0.15, -0.1) is 11.8 Å². The molecule has 2 N–H and O–H groups in total. The average Bonchev–Trinajstić information content (AvgIpc) is 2.43. The smallest absolute Gasteiger partial charge is 0.230 e. The van der Waals surface area contributed by atoms with E-state index in [0.717, 1.165) is 31.0 Å². The Kier molecular flexibility index (Phi) is 8.38. The minimum absolute atomic E-state index is 0.118. The summed E-state index contributed by atoms with van der Waals surface area (Å²) >= 11 is 1.60. The van der Waals surface area contributed by atoms with E-state index in [1.54, 1.807) is 11.8 Å². The van der Waals surface area contributed by atoms with E-state index in [4.69, 9.17) is 0 Å². The molecule has 4 heteroatoms. The van der Waals surface area contributed by atoms with Crippen molar-refractivity contribution in [2.24, 2.45) is 5.92 Å². The van der Waals surface area contributed by atoms with Crippen LogP contribution in [-0.4, -0.2) is 24.7 Å². The molecule has 1 aromatic carbocycles. The lowest BCUT2D eigenvalue weighted by molar-refractivity contribution is -0.118. The predicted molar refractivity (Wildman–Crippen MR) is 87.0 cm³/mol. The Hall–Kier alpha value is -1.00. The highest BCUT2D eigenvalue weighted by Gasteiger charge is 2.03. The van der Waals surface area contributed by atoms with E-state index in [9.17, 15) is 4.79 Å². The molecule has 0 bridgehead atoms. The lowest BCUT2D eigenvalue weighted by atomic mass is 10.1. The minimum Gasteiger partial charge on any atom is -0.355 e. The summed E-state index contributed by atoms with van der Waals surface area (Å²) in [5.74, 6) is 1.24. The summed E-state index contributed by atoms with van der Waals surface area (Å²) in [5.41, 5.74) is 1.26. The maximum absolute atomic E-state index is 11.7. The minimum atomic E-state index is 0.118. The van der Waals surface area contributed by atoms with Crippen LogP contribution < -0.4 is 10.6 Å². The van der Waals surface area contributed by atoms with Crippen LogP contribution in [0.3, 0.4) is 0 Å². The van der Waals surface area contributed by atoms with Crippen LogP contribution in [0.1, 0.15) is 32.8 Å². The van der Waals surface area contributed by atoms with E-state index >= 15 is 0 Å². The highest BCUT2D eigenvalue weighted by molar-refractivity contribution is 8.00. The second-order valence-corrected chi connectivity index (χ2v) is 6.30. The van der Waals surface area contributed by atoms with Gasteiger partial charge in [0.05, 0.1) is 5.75 Å². The Bertz CT molecular complexity index is 407. The average molecular weight is 294 g/mol. The summed E-state index contributed by atoms with van der Waals surface area (Å²) in [6.45, 7) is 9.05. The Labute approximate surface area is 126 Å². The van der Waals surface area contributed by atoms with Gasteiger partial charge in [-0.25, -0.2) is 0 Å². The van der Waals surface area contributed by atoms with Gasteiger partial charge < -0.3 is 10.6 Å². The van der Waals surface area contributed by atoms with E-state index in [0.29, 0.717) is 11.7 Å². The van der Waals surface area contributed by atoms with Gasteiger partial charge in [0.15, 0.2) is 0 Å². The number of hydrogen-bond acceptors (Lipinski definition) is 3. The van der Waals surface area contributed by atoms with Crippen LogP contribution in [0.4, 0.5) is 0 Å². The van der Waals surface area contributed by atoms with E-state index < -0.39 is 0 Å². The fourth-order valence-electron chi connectivity index (χ4n) is 1.71. The zero-order valence-corrected chi connectivity index (χ0v) is 13.6. The molecule has 0 spiro atoms. The lowest BCUT2D eigenvalue weighted by Crippen LogP contribution is -2.26. The molecule has 0 unspecified atom stereocenters. The van der Waals surface area contributed by atoms with E-state index in [1.807, 2.05) is 6.07 Å². The number of hydrogen-bond donors (Lipinski definition) is 2. The van der Waals surface area contributed by atoms with Crippen molar-refractivity contribution in [2.75, 3.05) is 18.8 Å². The standard InChI is InChI=1S/C16H26N2OS/c1-4-17-11-14-6-5-7-15(10-14)20-12-16(19)18-9-8-13(2)3/h5-7,10,13,17H,4,8-9,11-12H2,1-3H3,(H,18,19). The quantitative estimate of drug-likeness (QED) is 0.688. The molecule has 1 aromatic rings. The first-order chi connectivity index (χ1) is 9.61. The Morgan fingerprint density at radius 1 is 1.35 bits per heavy atom. The van der Waals surface area contributed by atoms with Gasteiger partial charge in [-0.3, -0.25) is 4.79 Å². The molecule has 0 saturated heterocycles. The summed E-state index contributed by atoms with van der Waals surface area (Å²) < 4.78 is 0. The van der Waals surface area contributed by atoms with Crippen molar-refractivity contribution in [2.45, 2.75) is 38.6 Å². The molecule has 0 aliphatic rings. The number of amides is 1. The molecule has 0 radical (unpaired) electrons. The lowest BCUT2D eigenvalue weighted by Gasteiger charge is -2.08. The molecule has 1 rings (SSSR count). The number of rotatable bonds is 9. The summed E-state index contributed by atoms with van der Waals surface area (Å²) in [5, 5.41) is 6.27. The largest absolute Gasteiger partial charge is 0.355 e. The highest BCUT2D eigenvalue weighted by atomic mass is 32.2. The van der Waals surface area contributed by atoms with Gasteiger partial charge in [-0.05, 0) is 36.6 Å². The van der Waals surface area contributed by atoms with Gasteiger partial charge in [0.25, 0.3) is 0 Å². The monoisotopic (exact) mass is 294 g/mol. The molecule has 0 aliphatic heterocycles. The first kappa shape index (κ1) is 17.1. The van der Waals surface area contributed by atoms with Gasteiger partial charge >= 0.3 is 0 Å². The van der Waals surface area contributed by atoms with Crippen molar-refractivity contribution in [1.82, 2.24) is 10.6 Å². The van der Waals surface area contributed by atoms with Crippen LogP contribution in [0.15, 0.2) is 29.2 Å². The molecule has 0 saturated carbocycles. The number of carbonyl (C=O) groups excluding carboxylic acids is 1. The van der Waals surface area contributed by atoms with Gasteiger partial charge in [0, 0.05) is 18.0 Å². The normalized spacial score (nSPS) is 10.8. The molecular weight excluding hydrogens is 268 g/mol. The van der Waals surface area contributed by atoms with Crippen molar-refractivity contribution in [3.63, 3.8) is 0 Å². The molecule has 20 heavy (non-hydrogen) atoms. The molecule has 0 aromatic heterocycles. The summed E-state index contributed by atoms with van der Waals surface area (Å²) in [6, 6.07) is 8.36. The third kappa shape index (κ3) is 7.56. The highest BCUT2D eigenvalue weighted by Crippen LogP contribution is 2.18. The number of carbonyl (C=O) groups is 1. The van der Waals surface area contributed by atoms with Gasteiger partial charge in [0.2, 0.25) is 5.91 Å². The van der Waals surface area contributed by atoms with Crippen molar-refractivity contribution >= 4 is 17.7 Å². The van der Waals surface area contributed by atoms with Crippen LogP contribution in [0.5, 0.6) is 0 Å². The number of benzene rings is 1. The SMILES string of the molecule is CCNCc1cccc(SCC(=O)NCCC(C)C)c1. The van der Waals surface area contributed by atoms with Crippen LogP contribution in [0.25, 0.3) is 0 Å². The van der Waals surface area contributed by atoms with Gasteiger partial charge in [0.1, 0.15) is 0 Å². The van der Waals surface area contributed by atoms with E-state index in [-0.39, 0.29) is 5.91 Å². The molecule has 1 amide bonds. The molecule has 0 fully saturated rings. The van der Waals surface area contributed by atoms with Crippen LogP contribution in [-0.2, 0) is 11.3 Å². The zero-order valence-electron chi connectivity index (χ0n) is 12.7. The van der Waals surface area contributed by atoms with E-state index in [2.05, 4.69) is 49.6 Å². The molecule has 0 aliphatic carbocycles. The number of thioether (sulfide) groups is 1. The maximum atomic E-state index is 11.7. The third-order valence-electron chi connectivity index (χ3n) is 2.89. The summed E-state index contributed by atoms with van der Waals surface area (Å²) in [7, 11) is 0. The predicted octanol–water partition coefficient (Wildman–Crippen LogP) is 3.05. The third-order valence-corrected chi connectivity index (χ3v) is 3.89. The first-order valence-electron chi connectivity index (χ1n) is 7.31. The summed E-state index contributed by atoms with van der Waals surface area (Å²) in [6.07, 6.45) is 1.04. The molecule has 112 valence electrons. The van der Waals surface area contributed by atoms with Crippen LogP contribution >= 0.6 is 11.8 Å². The second-order valence-electron chi connectivity index (χ2n) is 5.25. The molecule has 3 nitrogen and oxygen atoms in total. The molecule has 0 atom stereocenters. The van der Waals surface area contributed by atoms with Gasteiger partial charge in [-0.2, -0.15) is 0 Å². The second kappa shape index (κ2) is 9.83. The number of nitrogens with one attached hydrogen (secondary N) is 2. The van der Waals surface area contributed by atoms with Crippen molar-refractivity contribution in [1.29, 1.82) is 0 Å². The Balaban J connectivity index is 2.31. The van der Waals surface area contributed by atoms with Gasteiger partial charge in [-0.1, -0.05) is 32.9 Å². The molecule has 0 heterocycles. The van der Waals surface area contributed by atoms with Crippen molar-refractivity contribution < 1.29 is 4.79 Å². The fourth-order valence-corrected chi connectivity index (χ4v) is 2.52.